The average molecular weight is 591 g/mol. The molecule has 4 aliphatic heterocycles. The van der Waals surface area contributed by atoms with Crippen molar-refractivity contribution in [1.29, 1.82) is 0 Å². The van der Waals surface area contributed by atoms with Gasteiger partial charge in [-0.1, -0.05) is 41.9 Å². The van der Waals surface area contributed by atoms with Crippen molar-refractivity contribution in [2.24, 2.45) is 5.92 Å². The Balaban J connectivity index is 0.00000336. The number of piperidine rings is 4. The molecule has 4 aliphatic rings. The number of quaternary nitrogens is 1. The molecular formula is C28H36BrN3O6. The standard InChI is InChI=1S/C28H36N3O6.BrH/c1-2-35-27(33)22-17-24(37-29-22)23(32)18-31-15-11-20(12-16-31)25(19-31)36-28(34)26(21-9-5-3-6-10-21)30-13-7-4-8-14-30;/h3,5-6,9-10,17,20,25-26H,2,4,7-8,11-16,18-19H2,1H3;1H/q+1;/p-1/t20?,25-,26?,31?;/m0./s1. The second kappa shape index (κ2) is 12.5. The summed E-state index contributed by atoms with van der Waals surface area (Å²) in [5.74, 6) is -0.622. The molecule has 0 amide bonds. The van der Waals surface area contributed by atoms with Crippen LogP contribution in [0.25, 0.3) is 0 Å². The molecule has 1 unspecified atom stereocenters. The van der Waals surface area contributed by atoms with E-state index >= 15 is 0 Å². The minimum absolute atomic E-state index is 0. The maximum Gasteiger partial charge on any atom is 0.360 e. The Kier molecular flexibility index (Phi) is 9.38. The van der Waals surface area contributed by atoms with Gasteiger partial charge in [0, 0.05) is 24.8 Å². The number of hydrogen-bond acceptors (Lipinski definition) is 8. The molecule has 10 heteroatoms. The zero-order valence-corrected chi connectivity index (χ0v) is 23.4. The number of carbonyl (C=O) groups is 3. The zero-order chi connectivity index (χ0) is 25.8. The van der Waals surface area contributed by atoms with Gasteiger partial charge < -0.3 is 35.5 Å². The number of Topliss-reactive ketones (excluding diaryl/α,β-unsaturated/α-hetero) is 1. The van der Waals surface area contributed by atoms with E-state index < -0.39 is 12.0 Å². The number of ether oxygens (including phenoxy) is 2. The predicted octanol–water partition coefficient (Wildman–Crippen LogP) is 0.417. The number of halogens is 1. The van der Waals surface area contributed by atoms with Gasteiger partial charge in [-0.3, -0.25) is 9.69 Å². The van der Waals surface area contributed by atoms with Crippen LogP contribution in [-0.2, 0) is 14.3 Å². The monoisotopic (exact) mass is 589 g/mol. The van der Waals surface area contributed by atoms with E-state index in [4.69, 9.17) is 14.0 Å². The van der Waals surface area contributed by atoms with Crippen molar-refractivity contribution in [2.45, 2.75) is 51.2 Å². The van der Waals surface area contributed by atoms with Gasteiger partial charge in [0.15, 0.2) is 11.8 Å². The summed E-state index contributed by atoms with van der Waals surface area (Å²) in [5, 5.41) is 3.70. The van der Waals surface area contributed by atoms with Gasteiger partial charge in [0.2, 0.25) is 5.76 Å². The SMILES string of the molecule is CCOC(=O)c1cc(C(=O)C[N+]23CCC(CC2)[C@@H](OC(=O)C(c2ccccc2)N2CCCCC2)C3)on1.[Br-]. The maximum absolute atomic E-state index is 13.7. The molecule has 1 aromatic heterocycles. The fourth-order valence-electron chi connectivity index (χ4n) is 6.19. The number of benzene rings is 1. The van der Waals surface area contributed by atoms with Crippen LogP contribution in [0.4, 0.5) is 0 Å². The average Bonchev–Trinajstić information content (AvgIpc) is 3.42. The van der Waals surface area contributed by atoms with Crippen LogP contribution < -0.4 is 17.0 Å². The van der Waals surface area contributed by atoms with Crippen LogP contribution in [-0.4, -0.2) is 84.2 Å². The Morgan fingerprint density at radius 2 is 1.82 bits per heavy atom. The van der Waals surface area contributed by atoms with Gasteiger partial charge in [-0.05, 0) is 38.4 Å². The summed E-state index contributed by atoms with van der Waals surface area (Å²) in [6, 6.07) is 10.9. The van der Waals surface area contributed by atoms with E-state index in [0.717, 1.165) is 57.4 Å². The molecule has 1 aromatic carbocycles. The highest BCUT2D eigenvalue weighted by atomic mass is 79.9. The molecule has 2 atom stereocenters. The Morgan fingerprint density at radius 1 is 1.11 bits per heavy atom. The minimum atomic E-state index is -0.607. The smallest absolute Gasteiger partial charge is 0.360 e. The highest BCUT2D eigenvalue weighted by Crippen LogP contribution is 2.37. The molecule has 2 aromatic rings. The quantitative estimate of drug-likeness (QED) is 0.236. The van der Waals surface area contributed by atoms with Gasteiger partial charge in [0.05, 0.1) is 19.7 Å². The number of nitrogens with zero attached hydrogens (tertiary/aromatic N) is 3. The van der Waals surface area contributed by atoms with Gasteiger partial charge in [0.1, 0.15) is 19.1 Å². The number of ketones is 1. The lowest BCUT2D eigenvalue weighted by Gasteiger charge is -2.51. The van der Waals surface area contributed by atoms with E-state index in [1.165, 1.54) is 12.5 Å². The van der Waals surface area contributed by atoms with Crippen molar-refractivity contribution in [3.05, 3.63) is 53.4 Å². The third kappa shape index (κ3) is 6.18. The minimum Gasteiger partial charge on any atom is -1.00 e. The summed E-state index contributed by atoms with van der Waals surface area (Å²) in [7, 11) is 0. The molecule has 38 heavy (non-hydrogen) atoms. The fraction of sp³-hybridized carbons (Fsp3) is 0.571. The first-order chi connectivity index (χ1) is 18.0. The van der Waals surface area contributed by atoms with Crippen molar-refractivity contribution in [2.75, 3.05) is 45.9 Å². The first kappa shape index (κ1) is 28.4. The van der Waals surface area contributed by atoms with E-state index in [-0.39, 0.29) is 59.4 Å². The van der Waals surface area contributed by atoms with Crippen molar-refractivity contribution in [3.63, 3.8) is 0 Å². The molecule has 0 aliphatic carbocycles. The van der Waals surface area contributed by atoms with E-state index in [1.54, 1.807) is 6.92 Å². The lowest BCUT2D eigenvalue weighted by molar-refractivity contribution is -0.938. The molecule has 4 fully saturated rings. The zero-order valence-electron chi connectivity index (χ0n) is 21.9. The summed E-state index contributed by atoms with van der Waals surface area (Å²) in [6.45, 7) is 6.27. The molecular weight excluding hydrogens is 554 g/mol. The normalized spacial score (nSPS) is 25.7. The highest BCUT2D eigenvalue weighted by molar-refractivity contribution is 5.97. The number of aromatic nitrogens is 1. The molecule has 0 N–H and O–H groups in total. The van der Waals surface area contributed by atoms with Gasteiger partial charge in [-0.25, -0.2) is 9.59 Å². The van der Waals surface area contributed by atoms with Crippen molar-refractivity contribution < 1.29 is 49.8 Å². The van der Waals surface area contributed by atoms with Gasteiger partial charge in [-0.2, -0.15) is 0 Å². The first-order valence-electron chi connectivity index (χ1n) is 13.5. The lowest BCUT2D eigenvalue weighted by atomic mass is 9.83. The second-order valence-electron chi connectivity index (χ2n) is 10.6. The number of likely N-dealkylation sites (tertiary alicyclic amines) is 1. The van der Waals surface area contributed by atoms with Gasteiger partial charge in [0.25, 0.3) is 5.78 Å². The number of esters is 2. The largest absolute Gasteiger partial charge is 1.00 e. The first-order valence-corrected chi connectivity index (χ1v) is 13.5. The molecule has 4 saturated heterocycles. The van der Waals surface area contributed by atoms with Crippen molar-refractivity contribution in [3.8, 4) is 0 Å². The maximum atomic E-state index is 13.7. The van der Waals surface area contributed by atoms with Crippen molar-refractivity contribution in [1.82, 2.24) is 10.1 Å². The fourth-order valence-corrected chi connectivity index (χ4v) is 6.19. The van der Waals surface area contributed by atoms with Crippen molar-refractivity contribution >= 4 is 17.7 Å². The third-order valence-electron chi connectivity index (χ3n) is 8.15. The van der Waals surface area contributed by atoms with Crippen LogP contribution in [0.2, 0.25) is 0 Å². The highest BCUT2D eigenvalue weighted by Gasteiger charge is 2.49. The molecule has 206 valence electrons. The summed E-state index contributed by atoms with van der Waals surface area (Å²) in [6.07, 6.45) is 4.97. The van der Waals surface area contributed by atoms with E-state index in [1.807, 2.05) is 30.3 Å². The molecule has 0 saturated carbocycles. The number of hydrogen-bond donors (Lipinski definition) is 0. The molecule has 0 spiro atoms. The van der Waals surface area contributed by atoms with Crippen LogP contribution in [0.1, 0.15) is 71.7 Å². The lowest BCUT2D eigenvalue weighted by Crippen LogP contribution is -3.00. The number of carbonyl (C=O) groups excluding carboxylic acids is 3. The van der Waals surface area contributed by atoms with Crippen LogP contribution >= 0.6 is 0 Å². The van der Waals surface area contributed by atoms with Crippen LogP contribution in [0.5, 0.6) is 0 Å². The third-order valence-corrected chi connectivity index (χ3v) is 8.15. The summed E-state index contributed by atoms with van der Waals surface area (Å²) < 4.78 is 16.9. The summed E-state index contributed by atoms with van der Waals surface area (Å²) in [4.78, 5) is 40.9. The Labute approximate surface area is 233 Å². The molecule has 2 bridgehead atoms. The van der Waals surface area contributed by atoms with E-state index in [9.17, 15) is 14.4 Å². The second-order valence-corrected chi connectivity index (χ2v) is 10.6. The number of fused-ring (bicyclic) bond motifs is 3. The molecule has 6 rings (SSSR count). The van der Waals surface area contributed by atoms with Crippen LogP contribution in [0.15, 0.2) is 40.9 Å². The van der Waals surface area contributed by atoms with Gasteiger partial charge in [-0.15, -0.1) is 0 Å². The number of rotatable bonds is 9. The predicted molar refractivity (Wildman–Crippen MR) is 134 cm³/mol. The molecule has 9 nitrogen and oxygen atoms in total. The summed E-state index contributed by atoms with van der Waals surface area (Å²) in [5.41, 5.74) is 0.969. The molecule has 0 radical (unpaired) electrons. The Hall–Kier alpha value is -2.56. The Bertz CT molecular complexity index is 1110. The Morgan fingerprint density at radius 3 is 2.50 bits per heavy atom. The van der Waals surface area contributed by atoms with E-state index in [0.29, 0.717) is 16.9 Å². The topological polar surface area (TPSA) is 98.9 Å². The van der Waals surface area contributed by atoms with Gasteiger partial charge >= 0.3 is 11.9 Å². The summed E-state index contributed by atoms with van der Waals surface area (Å²) >= 11 is 0. The molecule has 5 heterocycles. The van der Waals surface area contributed by atoms with Crippen LogP contribution in [0, 0.1) is 5.92 Å². The van der Waals surface area contributed by atoms with Crippen LogP contribution in [0.3, 0.4) is 0 Å². The van der Waals surface area contributed by atoms with E-state index in [2.05, 4.69) is 10.1 Å².